The van der Waals surface area contributed by atoms with E-state index < -0.39 is 97.1 Å². The van der Waals surface area contributed by atoms with E-state index in [1.54, 1.807) is 42.5 Å². The molecule has 1 aliphatic rings. The summed E-state index contributed by atoms with van der Waals surface area (Å²) in [5, 5.41) is 16.1. The van der Waals surface area contributed by atoms with E-state index in [0.29, 0.717) is 45.5 Å². The molecule has 1 fully saturated rings. The smallest absolute Gasteiger partial charge is 0.490 e. The number of azide groups is 2. The number of Topliss-reactive ketones (excluding diaryl/α,β-unsaturated/α-hetero) is 1. The number of rotatable bonds is 37. The number of nitrogens with zero attached hydrogens (tertiary/aromatic N) is 10. The normalized spacial score (nSPS) is 15.8. The number of thiazole rings is 1. The number of aromatic nitrogens is 3. The Balaban J connectivity index is 0.732. The Morgan fingerprint density at radius 3 is 2.34 bits per heavy atom. The first-order chi connectivity index (χ1) is 47.9. The van der Waals surface area contributed by atoms with Gasteiger partial charge in [-0.05, 0) is 91.8 Å². The van der Waals surface area contributed by atoms with Crippen LogP contribution in [0.25, 0.3) is 63.8 Å². The summed E-state index contributed by atoms with van der Waals surface area (Å²) >= 11 is 1.36. The minimum atomic E-state index is -5.85. The van der Waals surface area contributed by atoms with Crippen molar-refractivity contribution in [3.8, 4) is 39.3 Å². The average Bonchev–Trinajstić information content (AvgIpc) is 1.20. The van der Waals surface area contributed by atoms with E-state index in [4.69, 9.17) is 59.7 Å². The van der Waals surface area contributed by atoms with E-state index in [9.17, 15) is 52.2 Å². The molecule has 0 radical (unpaired) electrons. The molecule has 3 aromatic heterocycles. The van der Waals surface area contributed by atoms with Crippen LogP contribution in [0.5, 0.6) is 5.75 Å². The van der Waals surface area contributed by atoms with Crippen molar-refractivity contribution in [3.63, 3.8) is 0 Å². The van der Waals surface area contributed by atoms with E-state index in [2.05, 4.69) is 70.9 Å². The highest BCUT2D eigenvalue weighted by Gasteiger charge is 2.44. The summed E-state index contributed by atoms with van der Waals surface area (Å²) in [5.41, 5.74) is 26.0. The van der Waals surface area contributed by atoms with Crippen LogP contribution in [0.1, 0.15) is 78.5 Å². The van der Waals surface area contributed by atoms with Gasteiger partial charge in [-0.2, -0.15) is 13.6 Å². The number of hydrogen-bond donors (Lipinski definition) is 8. The molecule has 0 bridgehead atoms. The molecular formula is C60H67N14O22P3S. The van der Waals surface area contributed by atoms with E-state index in [0.717, 1.165) is 39.8 Å². The van der Waals surface area contributed by atoms with Crippen molar-refractivity contribution in [1.29, 1.82) is 0 Å². The van der Waals surface area contributed by atoms with Crippen LogP contribution in [0.4, 0.5) is 11.5 Å². The third-order valence-electron chi connectivity index (χ3n) is 14.5. The van der Waals surface area contributed by atoms with Crippen molar-refractivity contribution in [2.75, 3.05) is 83.1 Å². The summed E-state index contributed by atoms with van der Waals surface area (Å²) in [6, 6.07) is 26.5. The predicted molar refractivity (Wildman–Crippen MR) is 360 cm³/mol. The molecule has 9 N–H and O–H groups in total. The summed E-state index contributed by atoms with van der Waals surface area (Å²) in [6.45, 7) is 3.09. The maximum Gasteiger partial charge on any atom is 0.490 e. The minimum absolute atomic E-state index is 0.0281. The van der Waals surface area contributed by atoms with Crippen LogP contribution < -0.4 is 42.6 Å². The molecule has 6 unspecified atom stereocenters. The first kappa shape index (κ1) is 76.5. The van der Waals surface area contributed by atoms with Gasteiger partial charge in [0, 0.05) is 95.3 Å². The molecular weight excluding hydrogens is 1390 g/mol. The van der Waals surface area contributed by atoms with Gasteiger partial charge in [0.15, 0.2) is 6.23 Å². The Bertz CT molecular complexity index is 4530. The van der Waals surface area contributed by atoms with Crippen LogP contribution in [-0.4, -0.2) is 149 Å². The maximum absolute atomic E-state index is 14.1. The Morgan fingerprint density at radius 1 is 0.870 bits per heavy atom. The van der Waals surface area contributed by atoms with Gasteiger partial charge in [0.2, 0.25) is 5.91 Å². The molecule has 40 heteroatoms. The fourth-order valence-corrected chi connectivity index (χ4v) is 14.1. The molecule has 1 aliphatic heterocycles. The highest BCUT2D eigenvalue weighted by molar-refractivity contribution is 7.66. The molecule has 36 nitrogen and oxygen atoms in total. The fraction of sp³-hybridized carbons (Fsp3) is 0.367. The van der Waals surface area contributed by atoms with Gasteiger partial charge in [-0.25, -0.2) is 28.3 Å². The second kappa shape index (κ2) is 36.2. The van der Waals surface area contributed by atoms with Gasteiger partial charge in [-0.3, -0.25) is 28.3 Å². The second-order valence-electron chi connectivity index (χ2n) is 21.3. The first-order valence-corrected chi connectivity index (χ1v) is 35.8. The number of amides is 3. The predicted octanol–water partition coefficient (Wildman–Crippen LogP) is 7.51. The van der Waals surface area contributed by atoms with Gasteiger partial charge in [-0.1, -0.05) is 58.5 Å². The molecule has 1 saturated heterocycles. The molecule has 8 rings (SSSR count). The van der Waals surface area contributed by atoms with Gasteiger partial charge in [0.1, 0.15) is 65.8 Å². The Morgan fingerprint density at radius 2 is 1.61 bits per heavy atom. The molecule has 4 heterocycles. The lowest BCUT2D eigenvalue weighted by atomic mass is 9.92. The summed E-state index contributed by atoms with van der Waals surface area (Å²) in [6.07, 6.45) is -3.03. The Labute approximate surface area is 571 Å². The van der Waals surface area contributed by atoms with Crippen LogP contribution in [0, 0.1) is 11.8 Å². The van der Waals surface area contributed by atoms with E-state index >= 15 is 0 Å². The number of phosphoric acid groups is 3. The van der Waals surface area contributed by atoms with Crippen LogP contribution in [0.3, 0.4) is 0 Å². The number of fused-ring (bicyclic) bond motifs is 2. The number of nitrogen functional groups attached to an aromatic ring is 1. The summed E-state index contributed by atoms with van der Waals surface area (Å²) in [5.74, 6) is 3.69. The molecule has 0 aliphatic carbocycles. The Hall–Kier alpha value is -9.23. The van der Waals surface area contributed by atoms with Gasteiger partial charge >= 0.3 is 34.8 Å². The first-order valence-electron chi connectivity index (χ1n) is 30.4. The van der Waals surface area contributed by atoms with Crippen LogP contribution in [0.15, 0.2) is 121 Å². The lowest BCUT2D eigenvalue weighted by Gasteiger charge is -2.21. The molecule has 7 aromatic rings. The Kier molecular flexibility index (Phi) is 27.7. The largest absolute Gasteiger partial charge is 0.491 e. The van der Waals surface area contributed by atoms with Crippen LogP contribution >= 0.6 is 34.8 Å². The van der Waals surface area contributed by atoms with Crippen molar-refractivity contribution in [2.24, 2.45) is 10.2 Å². The topological polar surface area (TPSA) is 515 Å². The number of nitrogens with two attached hydrogens (primary N) is 1. The summed E-state index contributed by atoms with van der Waals surface area (Å²) < 4.78 is 82.8. The van der Waals surface area contributed by atoms with Crippen LogP contribution in [0.2, 0.25) is 0 Å². The molecule has 4 aromatic carbocycles. The number of benzene rings is 4. The highest BCUT2D eigenvalue weighted by atomic mass is 32.1. The lowest BCUT2D eigenvalue weighted by molar-refractivity contribution is -0.126. The zero-order valence-electron chi connectivity index (χ0n) is 53.3. The quantitative estimate of drug-likeness (QED) is 0.00355. The molecule has 3 amide bonds. The molecule has 6 atom stereocenters. The van der Waals surface area contributed by atoms with Crippen molar-refractivity contribution >= 4 is 91.0 Å². The number of nitrogens with one attached hydrogen (secondary N) is 3. The second-order valence-corrected chi connectivity index (χ2v) is 26.8. The molecule has 100 heavy (non-hydrogen) atoms. The third kappa shape index (κ3) is 22.1. The van der Waals surface area contributed by atoms with E-state index in [1.807, 2.05) is 56.3 Å². The number of carbonyl (C=O) groups excluding carboxylic acids is 4. The maximum atomic E-state index is 14.1. The number of phosphoric ester groups is 1. The van der Waals surface area contributed by atoms with Crippen molar-refractivity contribution in [2.45, 2.75) is 70.6 Å². The number of ketones is 1. The fourth-order valence-electron chi connectivity index (χ4n) is 10.0. The SMILES string of the molecule is CCN(CC)c1ccc2c(-c3ccccc3C(=O)NCCCC(=O)CCCNC(=O)c3cccc(OCC(N=[N+]=[N-])OCCOCC(=O)NCC#Cc4cn(C5CC(OCN=[N+]=[N-])C(COP(=O)(O)OP(=O)(O)OP(=O)(O)O)O5)c(=O)nc4N)c3)c(-c3nc4ccccc4s3)c(=O)oc2c1. The van der Waals surface area contributed by atoms with Crippen molar-refractivity contribution in [3.05, 3.63) is 156 Å². The van der Waals surface area contributed by atoms with Gasteiger partial charge < -0.3 is 74.3 Å². The molecule has 530 valence electrons. The average molecular weight is 1460 g/mol. The van der Waals surface area contributed by atoms with E-state index in [1.165, 1.54) is 17.4 Å². The monoisotopic (exact) mass is 1460 g/mol. The molecule has 0 spiro atoms. The van der Waals surface area contributed by atoms with Gasteiger partial charge in [-0.15, -0.1) is 11.3 Å². The number of ether oxygens (including phenoxy) is 5. The number of anilines is 2. The van der Waals surface area contributed by atoms with Gasteiger partial charge in [0.05, 0.1) is 48.2 Å². The number of hydrogen-bond acceptors (Lipinski definition) is 25. The summed E-state index contributed by atoms with van der Waals surface area (Å²) in [4.78, 5) is 133. The zero-order chi connectivity index (χ0) is 72.0. The molecule has 0 saturated carbocycles. The van der Waals surface area contributed by atoms with Crippen molar-refractivity contribution in [1.82, 2.24) is 30.5 Å². The number of carbonyl (C=O) groups is 4. The highest BCUT2D eigenvalue weighted by Crippen LogP contribution is 2.66. The standard InChI is InChI=1S/C60H67N14O22P3S/c1-3-73(4-2)39-22-23-44-46(30-39)94-59(79)54(58-68-45-20-7-8-21-49(45)100-58)53(44)42-18-5-6-19-43(42)57(78)66-26-12-16-40(75)15-11-25-65-56(77)37-13-9-17-41(29-37)90-35-51(70-72-63)89-28-27-88-34-50(76)64-24-10-14-38-32-74(60(80)69-55(38)61)52-31-47(91-36-67-71-62)48(93-52)33-92-98(84,85)96-99(86,87)95-97(81,82)83/h5-9,13,17-23,29-30,32,47-48,51-52H,3-4,11-12,15-16,24-28,31,33-36H2,1-2H3,(H,64,76)(H,65,77)(H,66,78)(H,84,85)(H,86,87)(H2,61,69,80)(H2,81,82,83). The third-order valence-corrected chi connectivity index (χ3v) is 19.4. The zero-order valence-corrected chi connectivity index (χ0v) is 56.8. The van der Waals surface area contributed by atoms with E-state index in [-0.39, 0.29) is 92.8 Å². The lowest BCUT2D eigenvalue weighted by Crippen LogP contribution is -2.30. The van der Waals surface area contributed by atoms with Crippen molar-refractivity contribution < 1.29 is 93.7 Å². The number of para-hydroxylation sites is 1. The minimum Gasteiger partial charge on any atom is -0.491 e. The summed E-state index contributed by atoms with van der Waals surface area (Å²) in [7, 11) is -17.1. The van der Waals surface area contributed by atoms with Crippen LogP contribution in [-0.2, 0) is 55.4 Å². The van der Waals surface area contributed by atoms with Gasteiger partial charge in [0.25, 0.3) is 11.8 Å².